The molecule has 21 heavy (non-hydrogen) atoms. The van der Waals surface area contributed by atoms with Gasteiger partial charge in [-0.2, -0.15) is 0 Å². The number of nitrogens with one attached hydrogen (secondary N) is 2. The van der Waals surface area contributed by atoms with Crippen molar-refractivity contribution in [3.05, 3.63) is 30.1 Å². The lowest BCUT2D eigenvalue weighted by molar-refractivity contribution is -0.902. The van der Waals surface area contributed by atoms with E-state index in [1.807, 2.05) is 0 Å². The maximum absolute atomic E-state index is 13.1. The van der Waals surface area contributed by atoms with Gasteiger partial charge in [-0.05, 0) is 43.4 Å². The number of rotatable bonds is 3. The molecule has 3 atom stereocenters. The van der Waals surface area contributed by atoms with Crippen LogP contribution in [0.2, 0.25) is 0 Å². The quantitative estimate of drug-likeness (QED) is 0.875. The van der Waals surface area contributed by atoms with Gasteiger partial charge in [-0.1, -0.05) is 18.9 Å². The molecule has 1 amide bonds. The van der Waals surface area contributed by atoms with Crippen LogP contribution >= 0.6 is 0 Å². The molecule has 3 nitrogen and oxygen atoms in total. The second-order valence-electron chi connectivity index (χ2n) is 6.53. The predicted octanol–water partition coefficient (Wildman–Crippen LogP) is 1.86. The molecule has 2 aliphatic rings. The Morgan fingerprint density at radius 2 is 2.05 bits per heavy atom. The number of piperidine rings is 1. The van der Waals surface area contributed by atoms with Crippen LogP contribution < -0.4 is 10.2 Å². The Bertz CT molecular complexity index is 505. The molecule has 1 aliphatic heterocycles. The number of hydrogen-bond acceptors (Lipinski definition) is 1. The third kappa shape index (κ3) is 3.82. The Kier molecular flexibility index (Phi) is 4.54. The standard InChI is InChI=1S/C17H23FN2O/c18-15-6-3-7-16(10-15)19-17(21)12-20-9-8-13-4-1-2-5-14(13)11-20/h3,6-7,10,13-14H,1-2,4-5,8-9,11-12H2,(H,19,21)/p+1/t13-,14+/m0/s1. The summed E-state index contributed by atoms with van der Waals surface area (Å²) < 4.78 is 13.1. The Morgan fingerprint density at radius 3 is 2.86 bits per heavy atom. The number of quaternary nitrogens is 1. The van der Waals surface area contributed by atoms with Gasteiger partial charge in [-0.15, -0.1) is 0 Å². The second kappa shape index (κ2) is 6.56. The van der Waals surface area contributed by atoms with Crippen LogP contribution in [0.25, 0.3) is 0 Å². The summed E-state index contributed by atoms with van der Waals surface area (Å²) in [6.45, 7) is 2.72. The lowest BCUT2D eigenvalue weighted by Gasteiger charge is -2.38. The lowest BCUT2D eigenvalue weighted by Crippen LogP contribution is -3.15. The highest BCUT2D eigenvalue weighted by Crippen LogP contribution is 2.32. The van der Waals surface area contributed by atoms with Crippen LogP contribution in [0, 0.1) is 17.7 Å². The van der Waals surface area contributed by atoms with Crippen molar-refractivity contribution in [2.45, 2.75) is 32.1 Å². The third-order valence-corrected chi connectivity index (χ3v) is 5.00. The monoisotopic (exact) mass is 291 g/mol. The van der Waals surface area contributed by atoms with E-state index in [0.717, 1.165) is 24.9 Å². The van der Waals surface area contributed by atoms with Crippen molar-refractivity contribution in [3.8, 4) is 0 Å². The van der Waals surface area contributed by atoms with E-state index in [2.05, 4.69) is 5.32 Å². The zero-order chi connectivity index (χ0) is 14.7. The Balaban J connectivity index is 1.51. The molecule has 0 radical (unpaired) electrons. The van der Waals surface area contributed by atoms with Crippen molar-refractivity contribution in [1.29, 1.82) is 0 Å². The molecule has 1 aliphatic carbocycles. The minimum atomic E-state index is -0.317. The highest BCUT2D eigenvalue weighted by Gasteiger charge is 2.34. The molecule has 1 unspecified atom stereocenters. The van der Waals surface area contributed by atoms with Crippen LogP contribution in [-0.4, -0.2) is 25.5 Å². The lowest BCUT2D eigenvalue weighted by atomic mass is 9.75. The molecule has 1 heterocycles. The first-order chi connectivity index (χ1) is 10.2. The zero-order valence-electron chi connectivity index (χ0n) is 12.4. The van der Waals surface area contributed by atoms with Crippen LogP contribution in [0.1, 0.15) is 32.1 Å². The maximum Gasteiger partial charge on any atom is 0.279 e. The van der Waals surface area contributed by atoms with Gasteiger partial charge in [0, 0.05) is 11.6 Å². The van der Waals surface area contributed by atoms with Gasteiger partial charge in [-0.25, -0.2) is 4.39 Å². The SMILES string of the molecule is O=C(C[NH+]1CC[C@@H]2CCCC[C@@H]2C1)Nc1cccc(F)c1. The molecule has 0 aromatic heterocycles. The molecule has 0 spiro atoms. The molecule has 1 saturated heterocycles. The molecule has 114 valence electrons. The minimum Gasteiger partial charge on any atom is -0.327 e. The Morgan fingerprint density at radius 1 is 1.24 bits per heavy atom. The number of carbonyl (C=O) groups excluding carboxylic acids is 1. The average Bonchev–Trinajstić information content (AvgIpc) is 2.47. The number of anilines is 1. The number of hydrogen-bond donors (Lipinski definition) is 2. The molecule has 1 saturated carbocycles. The highest BCUT2D eigenvalue weighted by atomic mass is 19.1. The fraction of sp³-hybridized carbons (Fsp3) is 0.588. The average molecular weight is 291 g/mol. The summed E-state index contributed by atoms with van der Waals surface area (Å²) in [6, 6.07) is 6.09. The summed E-state index contributed by atoms with van der Waals surface area (Å²) in [6.07, 6.45) is 6.71. The Labute approximate surface area is 125 Å². The molecule has 0 bridgehead atoms. The fourth-order valence-corrected chi connectivity index (χ4v) is 3.95. The number of likely N-dealkylation sites (tertiary alicyclic amines) is 1. The summed E-state index contributed by atoms with van der Waals surface area (Å²) in [7, 11) is 0. The van der Waals surface area contributed by atoms with Crippen molar-refractivity contribution < 1.29 is 14.1 Å². The van der Waals surface area contributed by atoms with Crippen molar-refractivity contribution >= 4 is 11.6 Å². The summed E-state index contributed by atoms with van der Waals surface area (Å²) in [5.74, 6) is 1.38. The third-order valence-electron chi connectivity index (χ3n) is 5.00. The van der Waals surface area contributed by atoms with Crippen molar-refractivity contribution in [2.75, 3.05) is 25.0 Å². The van der Waals surface area contributed by atoms with E-state index in [4.69, 9.17) is 0 Å². The number of benzene rings is 1. The largest absolute Gasteiger partial charge is 0.327 e. The van der Waals surface area contributed by atoms with E-state index in [1.54, 1.807) is 12.1 Å². The van der Waals surface area contributed by atoms with Crippen LogP contribution in [-0.2, 0) is 4.79 Å². The second-order valence-corrected chi connectivity index (χ2v) is 6.53. The van der Waals surface area contributed by atoms with Crippen molar-refractivity contribution in [2.24, 2.45) is 11.8 Å². The van der Waals surface area contributed by atoms with E-state index in [1.165, 1.54) is 49.1 Å². The molecule has 3 rings (SSSR count). The predicted molar refractivity (Wildman–Crippen MR) is 80.7 cm³/mol. The van der Waals surface area contributed by atoms with Crippen molar-refractivity contribution in [1.82, 2.24) is 0 Å². The molecule has 2 fully saturated rings. The van der Waals surface area contributed by atoms with Gasteiger partial charge in [0.1, 0.15) is 5.82 Å². The minimum absolute atomic E-state index is 0.00939. The zero-order valence-corrected chi connectivity index (χ0v) is 12.4. The van der Waals surface area contributed by atoms with E-state index < -0.39 is 0 Å². The van der Waals surface area contributed by atoms with E-state index >= 15 is 0 Å². The number of amides is 1. The summed E-state index contributed by atoms with van der Waals surface area (Å²) in [5.41, 5.74) is 0.548. The first-order valence-corrected chi connectivity index (χ1v) is 8.10. The fourth-order valence-electron chi connectivity index (χ4n) is 3.95. The maximum atomic E-state index is 13.1. The van der Waals surface area contributed by atoms with Gasteiger partial charge in [0.2, 0.25) is 0 Å². The first kappa shape index (κ1) is 14.5. The van der Waals surface area contributed by atoms with Gasteiger partial charge in [-0.3, -0.25) is 4.79 Å². The van der Waals surface area contributed by atoms with E-state index in [-0.39, 0.29) is 11.7 Å². The van der Waals surface area contributed by atoms with Gasteiger partial charge in [0.05, 0.1) is 13.1 Å². The normalized spacial score (nSPS) is 28.7. The number of carbonyl (C=O) groups is 1. The van der Waals surface area contributed by atoms with Gasteiger partial charge in [0.25, 0.3) is 5.91 Å². The summed E-state index contributed by atoms with van der Waals surface area (Å²) in [5, 5.41) is 2.80. The van der Waals surface area contributed by atoms with Gasteiger partial charge < -0.3 is 10.2 Å². The molecular formula is C17H24FN2O+. The Hall–Kier alpha value is -1.42. The summed E-state index contributed by atoms with van der Waals surface area (Å²) >= 11 is 0. The highest BCUT2D eigenvalue weighted by molar-refractivity contribution is 5.91. The number of halogens is 1. The number of fused-ring (bicyclic) bond motifs is 1. The summed E-state index contributed by atoms with van der Waals surface area (Å²) in [4.78, 5) is 13.5. The van der Waals surface area contributed by atoms with Gasteiger partial charge >= 0.3 is 0 Å². The van der Waals surface area contributed by atoms with E-state index in [0.29, 0.717) is 12.2 Å². The van der Waals surface area contributed by atoms with Crippen LogP contribution in [0.3, 0.4) is 0 Å². The van der Waals surface area contributed by atoms with Crippen LogP contribution in [0.15, 0.2) is 24.3 Å². The smallest absolute Gasteiger partial charge is 0.279 e. The van der Waals surface area contributed by atoms with Crippen LogP contribution in [0.4, 0.5) is 10.1 Å². The topological polar surface area (TPSA) is 33.5 Å². The van der Waals surface area contributed by atoms with Gasteiger partial charge in [0.15, 0.2) is 6.54 Å². The van der Waals surface area contributed by atoms with E-state index in [9.17, 15) is 9.18 Å². The molecular weight excluding hydrogens is 267 g/mol. The molecule has 1 aromatic rings. The van der Waals surface area contributed by atoms with Crippen LogP contribution in [0.5, 0.6) is 0 Å². The molecule has 4 heteroatoms. The molecule has 2 N–H and O–H groups in total. The first-order valence-electron chi connectivity index (χ1n) is 8.10. The molecule has 1 aromatic carbocycles. The van der Waals surface area contributed by atoms with Crippen molar-refractivity contribution in [3.63, 3.8) is 0 Å².